The van der Waals surface area contributed by atoms with E-state index < -0.39 is 53.8 Å². The summed E-state index contributed by atoms with van der Waals surface area (Å²) in [4.78, 5) is 4.37. The van der Waals surface area contributed by atoms with Crippen LogP contribution in [0.15, 0.2) is 40.0 Å². The number of rotatable bonds is 5. The van der Waals surface area contributed by atoms with Crippen molar-refractivity contribution in [2.24, 2.45) is 0 Å². The summed E-state index contributed by atoms with van der Waals surface area (Å²) >= 11 is 4.22. The number of thioether (sulfide) groups is 1. The van der Waals surface area contributed by atoms with Gasteiger partial charge in [-0.2, -0.15) is 5.26 Å². The summed E-state index contributed by atoms with van der Waals surface area (Å²) in [7, 11) is 0. The minimum atomic E-state index is -1.63. The van der Waals surface area contributed by atoms with Crippen molar-refractivity contribution in [3.05, 3.63) is 58.2 Å². The zero-order chi connectivity index (χ0) is 24.6. The summed E-state index contributed by atoms with van der Waals surface area (Å²) in [6, 6.07) is 3.82. The molecule has 178 valence electrons. The number of aliphatic hydroxyl groups excluding tert-OH is 3. The van der Waals surface area contributed by atoms with Gasteiger partial charge in [-0.15, -0.1) is 5.10 Å². The summed E-state index contributed by atoms with van der Waals surface area (Å²) < 4.78 is 47.8. The van der Waals surface area contributed by atoms with Crippen molar-refractivity contribution in [1.82, 2.24) is 20.0 Å². The number of hydrogen-bond acceptors (Lipinski definition) is 9. The molecule has 0 amide bonds. The highest BCUT2D eigenvalue weighted by molar-refractivity contribution is 9.10. The Morgan fingerprint density at radius 3 is 2.53 bits per heavy atom. The SMILES string of the molecule is N#Cc1ncc(Br)cc1S[C@H]1OC(CO)[C@H](O)C(n2cc(-c3cc(F)c(F)c(F)c3)nn2)C1O. The molecule has 14 heteroatoms. The minimum absolute atomic E-state index is 0.0450. The number of ether oxygens (including phenoxy) is 1. The third kappa shape index (κ3) is 4.67. The zero-order valence-corrected chi connectivity index (χ0v) is 19.3. The molecule has 4 rings (SSSR count). The average Bonchev–Trinajstić information content (AvgIpc) is 3.29. The molecule has 1 aliphatic heterocycles. The highest BCUT2D eigenvalue weighted by Gasteiger charge is 2.46. The predicted molar refractivity (Wildman–Crippen MR) is 115 cm³/mol. The highest BCUT2D eigenvalue weighted by Crippen LogP contribution is 2.39. The van der Waals surface area contributed by atoms with Crippen LogP contribution in [0.5, 0.6) is 0 Å². The lowest BCUT2D eigenvalue weighted by molar-refractivity contribution is -0.178. The van der Waals surface area contributed by atoms with Gasteiger partial charge in [-0.1, -0.05) is 17.0 Å². The minimum Gasteiger partial charge on any atom is -0.394 e. The summed E-state index contributed by atoms with van der Waals surface area (Å²) in [5.41, 5.74) is -1.14. The van der Waals surface area contributed by atoms with Gasteiger partial charge in [0.05, 0.1) is 12.8 Å². The Kier molecular flexibility index (Phi) is 7.22. The monoisotopic (exact) mass is 557 g/mol. The molecule has 0 saturated carbocycles. The first-order valence-electron chi connectivity index (χ1n) is 9.65. The Balaban J connectivity index is 1.66. The fourth-order valence-electron chi connectivity index (χ4n) is 3.46. The molecule has 0 bridgehead atoms. The Labute approximate surface area is 202 Å². The first kappa shape index (κ1) is 24.6. The summed E-state index contributed by atoms with van der Waals surface area (Å²) in [6.45, 7) is -0.598. The molecule has 0 aliphatic carbocycles. The van der Waals surface area contributed by atoms with E-state index in [1.807, 2.05) is 6.07 Å². The molecule has 3 aromatic rings. The number of nitriles is 1. The van der Waals surface area contributed by atoms with Gasteiger partial charge in [0, 0.05) is 21.1 Å². The van der Waals surface area contributed by atoms with Gasteiger partial charge >= 0.3 is 0 Å². The molecule has 3 unspecified atom stereocenters. The molecule has 0 spiro atoms. The van der Waals surface area contributed by atoms with E-state index in [1.54, 1.807) is 6.07 Å². The van der Waals surface area contributed by atoms with Gasteiger partial charge in [0.1, 0.15) is 41.6 Å². The van der Waals surface area contributed by atoms with E-state index >= 15 is 0 Å². The number of hydrogen-bond donors (Lipinski definition) is 3. The molecule has 1 aliphatic rings. The van der Waals surface area contributed by atoms with Crippen LogP contribution in [0.25, 0.3) is 11.3 Å². The molecule has 3 N–H and O–H groups in total. The van der Waals surface area contributed by atoms with Crippen LogP contribution in [0.3, 0.4) is 0 Å². The normalized spacial score (nSPS) is 24.7. The second kappa shape index (κ2) is 9.98. The smallest absolute Gasteiger partial charge is 0.194 e. The van der Waals surface area contributed by atoms with Crippen LogP contribution in [-0.2, 0) is 4.74 Å². The number of halogens is 4. The number of nitrogens with zero attached hydrogens (tertiary/aromatic N) is 5. The third-order valence-electron chi connectivity index (χ3n) is 5.11. The molecule has 1 saturated heterocycles. The van der Waals surface area contributed by atoms with E-state index in [1.165, 1.54) is 12.4 Å². The first-order valence-corrected chi connectivity index (χ1v) is 11.3. The van der Waals surface area contributed by atoms with Gasteiger partial charge < -0.3 is 20.1 Å². The van der Waals surface area contributed by atoms with Crippen molar-refractivity contribution in [3.63, 3.8) is 0 Å². The molecule has 0 radical (unpaired) electrons. The Hall–Kier alpha value is -2.54. The molecule has 3 heterocycles. The van der Waals surface area contributed by atoms with E-state index in [0.717, 1.165) is 28.6 Å². The number of aromatic nitrogens is 4. The van der Waals surface area contributed by atoms with Gasteiger partial charge in [-0.25, -0.2) is 22.8 Å². The highest BCUT2D eigenvalue weighted by atomic mass is 79.9. The lowest BCUT2D eigenvalue weighted by Gasteiger charge is -2.41. The van der Waals surface area contributed by atoms with Gasteiger partial charge in [-0.3, -0.25) is 0 Å². The molecule has 5 atom stereocenters. The number of benzene rings is 1. The first-order chi connectivity index (χ1) is 16.2. The topological polar surface area (TPSA) is 137 Å². The second-order valence-corrected chi connectivity index (χ2v) is 9.32. The van der Waals surface area contributed by atoms with Gasteiger partial charge in [0.25, 0.3) is 0 Å². The Morgan fingerprint density at radius 1 is 1.18 bits per heavy atom. The van der Waals surface area contributed by atoms with Gasteiger partial charge in [-0.05, 0) is 34.1 Å². The van der Waals surface area contributed by atoms with E-state index in [9.17, 15) is 33.8 Å². The van der Waals surface area contributed by atoms with Gasteiger partial charge in [0.2, 0.25) is 0 Å². The lowest BCUT2D eigenvalue weighted by atomic mass is 9.97. The van der Waals surface area contributed by atoms with Gasteiger partial charge in [0.15, 0.2) is 23.1 Å². The van der Waals surface area contributed by atoms with E-state index in [2.05, 4.69) is 31.2 Å². The predicted octanol–water partition coefficient (Wildman–Crippen LogP) is 2.16. The fourth-order valence-corrected chi connectivity index (χ4v) is 5.09. The number of pyridine rings is 1. The summed E-state index contributed by atoms with van der Waals surface area (Å²) in [6.07, 6.45) is -1.35. The van der Waals surface area contributed by atoms with E-state index in [-0.39, 0.29) is 17.0 Å². The average molecular weight is 558 g/mol. The third-order valence-corrected chi connectivity index (χ3v) is 6.73. The molecule has 9 nitrogen and oxygen atoms in total. The molecule has 1 aromatic carbocycles. The van der Waals surface area contributed by atoms with Crippen molar-refractivity contribution in [2.75, 3.05) is 6.61 Å². The molecular weight excluding hydrogens is 543 g/mol. The van der Waals surface area contributed by atoms with Crippen LogP contribution < -0.4 is 0 Å². The Bertz CT molecular complexity index is 1240. The molecule has 34 heavy (non-hydrogen) atoms. The molecule has 1 fully saturated rings. The van der Waals surface area contributed by atoms with Crippen molar-refractivity contribution in [2.45, 2.75) is 34.7 Å². The van der Waals surface area contributed by atoms with Crippen LogP contribution in [0.2, 0.25) is 0 Å². The maximum atomic E-state index is 13.6. The molecular formula is C20H15BrF3N5O4S. The number of aliphatic hydroxyl groups is 3. The lowest BCUT2D eigenvalue weighted by Crippen LogP contribution is -2.55. The maximum absolute atomic E-state index is 13.6. The van der Waals surface area contributed by atoms with Crippen LogP contribution in [-0.4, -0.2) is 65.7 Å². The van der Waals surface area contributed by atoms with Crippen LogP contribution in [0.4, 0.5) is 13.2 Å². The fraction of sp³-hybridized carbons (Fsp3) is 0.300. The second-order valence-electron chi connectivity index (χ2n) is 7.26. The van der Waals surface area contributed by atoms with Crippen molar-refractivity contribution in [3.8, 4) is 17.3 Å². The van der Waals surface area contributed by atoms with Crippen molar-refractivity contribution in [1.29, 1.82) is 5.26 Å². The largest absolute Gasteiger partial charge is 0.394 e. The maximum Gasteiger partial charge on any atom is 0.194 e. The summed E-state index contributed by atoms with van der Waals surface area (Å²) in [5.74, 6) is -4.46. The van der Waals surface area contributed by atoms with Crippen LogP contribution in [0, 0.1) is 28.8 Å². The van der Waals surface area contributed by atoms with E-state index in [0.29, 0.717) is 9.37 Å². The van der Waals surface area contributed by atoms with E-state index in [4.69, 9.17) is 4.74 Å². The standard InChI is InChI=1S/C20H15BrF3N5O4S/c21-9-3-15(12(4-25)26-5-9)34-20-19(32)17(18(31)14(7-30)33-20)29-6-13(27-28-29)8-1-10(22)16(24)11(23)2-8/h1-3,5-6,14,17-20,30-32H,7H2/t14?,17?,18-,19?,20+/m0/s1. The Morgan fingerprint density at radius 2 is 1.88 bits per heavy atom. The molecule has 2 aromatic heterocycles. The van der Waals surface area contributed by atoms with Crippen LogP contribution >= 0.6 is 27.7 Å². The van der Waals surface area contributed by atoms with Crippen molar-refractivity contribution >= 4 is 27.7 Å². The quantitative estimate of drug-likeness (QED) is 0.403. The zero-order valence-electron chi connectivity index (χ0n) is 16.9. The summed E-state index contributed by atoms with van der Waals surface area (Å²) in [5, 5.41) is 48.4. The van der Waals surface area contributed by atoms with Crippen LogP contribution in [0.1, 0.15) is 11.7 Å². The van der Waals surface area contributed by atoms with Crippen molar-refractivity contribution < 1.29 is 33.2 Å².